The molecule has 3 N–H and O–H groups in total. The molecule has 6 nitrogen and oxygen atoms in total. The summed E-state index contributed by atoms with van der Waals surface area (Å²) in [6, 6.07) is 13.7. The van der Waals surface area contributed by atoms with Crippen LogP contribution in [-0.2, 0) is 10.0 Å². The molecular weight excluding hydrogens is 288 g/mol. The van der Waals surface area contributed by atoms with E-state index >= 15 is 0 Å². The Morgan fingerprint density at radius 1 is 0.952 bits per heavy atom. The Hall–Kier alpha value is -3.03. The molecule has 0 bridgehead atoms. The molecule has 0 spiro atoms. The third kappa shape index (κ3) is 3.11. The van der Waals surface area contributed by atoms with Gasteiger partial charge in [0.2, 0.25) is 0 Å². The van der Waals surface area contributed by atoms with E-state index in [1.165, 1.54) is 42.5 Å². The molecule has 0 radical (unpaired) electrons. The predicted molar refractivity (Wildman–Crippen MR) is 77.5 cm³/mol. The zero-order valence-corrected chi connectivity index (χ0v) is 11.6. The highest BCUT2D eigenvalue weighted by molar-refractivity contribution is 7.92. The van der Waals surface area contributed by atoms with Crippen LogP contribution < -0.4 is 10.5 Å². The first-order valence-corrected chi connectivity index (χ1v) is 7.27. The Morgan fingerprint density at radius 3 is 2.05 bits per heavy atom. The van der Waals surface area contributed by atoms with E-state index in [2.05, 4.69) is 4.72 Å². The van der Waals surface area contributed by atoms with Crippen molar-refractivity contribution in [3.05, 3.63) is 53.6 Å². The number of nitrogen functional groups attached to an aromatic ring is 1. The number of nitriles is 2. The minimum atomic E-state index is -3.86. The number of nitrogens with one attached hydrogen (secondary N) is 1. The molecule has 104 valence electrons. The van der Waals surface area contributed by atoms with E-state index in [4.69, 9.17) is 16.3 Å². The molecule has 0 unspecified atom stereocenters. The molecule has 0 aliphatic carbocycles. The minimum Gasteiger partial charge on any atom is -0.398 e. The summed E-state index contributed by atoms with van der Waals surface area (Å²) in [5, 5.41) is 17.4. The number of anilines is 2. The number of benzene rings is 2. The molecule has 2 aromatic rings. The summed E-state index contributed by atoms with van der Waals surface area (Å²) in [6.07, 6.45) is 0. The molecule has 0 amide bonds. The summed E-state index contributed by atoms with van der Waals surface area (Å²) in [5.74, 6) is 0. The summed E-state index contributed by atoms with van der Waals surface area (Å²) >= 11 is 0. The van der Waals surface area contributed by atoms with Crippen molar-refractivity contribution in [2.45, 2.75) is 4.90 Å². The molecule has 0 fully saturated rings. The van der Waals surface area contributed by atoms with Gasteiger partial charge in [-0.2, -0.15) is 10.5 Å². The van der Waals surface area contributed by atoms with E-state index in [1.807, 2.05) is 12.1 Å². The molecule has 0 saturated heterocycles. The number of rotatable bonds is 3. The first kappa shape index (κ1) is 14.4. The van der Waals surface area contributed by atoms with Gasteiger partial charge >= 0.3 is 0 Å². The molecule has 0 aliphatic heterocycles. The van der Waals surface area contributed by atoms with Crippen LogP contribution in [0.25, 0.3) is 0 Å². The second-order valence-corrected chi connectivity index (χ2v) is 5.81. The molecule has 0 aliphatic rings. The monoisotopic (exact) mass is 298 g/mol. The minimum absolute atomic E-state index is 0.00445. The fourth-order valence-corrected chi connectivity index (χ4v) is 2.86. The predicted octanol–water partition coefficient (Wildman–Crippen LogP) is 1.81. The van der Waals surface area contributed by atoms with Crippen molar-refractivity contribution in [1.29, 1.82) is 10.5 Å². The summed E-state index contributed by atoms with van der Waals surface area (Å²) in [7, 11) is -3.86. The number of sulfonamides is 1. The number of hydrogen-bond acceptors (Lipinski definition) is 5. The van der Waals surface area contributed by atoms with Crippen LogP contribution in [0.4, 0.5) is 11.4 Å². The maximum Gasteiger partial charge on any atom is 0.263 e. The molecule has 2 rings (SSSR count). The van der Waals surface area contributed by atoms with E-state index in [9.17, 15) is 8.42 Å². The molecule has 21 heavy (non-hydrogen) atoms. The molecule has 2 aromatic carbocycles. The average molecular weight is 298 g/mol. The zero-order valence-electron chi connectivity index (χ0n) is 10.7. The van der Waals surface area contributed by atoms with Gasteiger partial charge in [-0.1, -0.05) is 0 Å². The Kier molecular flexibility index (Phi) is 3.79. The maximum absolute atomic E-state index is 12.2. The van der Waals surface area contributed by atoms with Gasteiger partial charge in [0, 0.05) is 5.69 Å². The highest BCUT2D eigenvalue weighted by atomic mass is 32.2. The Morgan fingerprint density at radius 2 is 1.52 bits per heavy atom. The lowest BCUT2D eigenvalue weighted by molar-refractivity contribution is 0.601. The van der Waals surface area contributed by atoms with Gasteiger partial charge < -0.3 is 5.73 Å². The summed E-state index contributed by atoms with van der Waals surface area (Å²) in [6.45, 7) is 0. The number of nitrogens with two attached hydrogens (primary N) is 1. The van der Waals surface area contributed by atoms with Crippen molar-refractivity contribution in [2.75, 3.05) is 10.5 Å². The van der Waals surface area contributed by atoms with Gasteiger partial charge in [0.05, 0.1) is 29.0 Å². The first-order valence-electron chi connectivity index (χ1n) is 5.79. The summed E-state index contributed by atoms with van der Waals surface area (Å²) in [5.41, 5.74) is 6.69. The number of hydrogen-bond donors (Lipinski definition) is 2. The largest absolute Gasteiger partial charge is 0.398 e. The van der Waals surface area contributed by atoms with E-state index in [0.29, 0.717) is 11.3 Å². The van der Waals surface area contributed by atoms with Gasteiger partial charge in [0.1, 0.15) is 4.90 Å². The van der Waals surface area contributed by atoms with Crippen molar-refractivity contribution >= 4 is 21.4 Å². The van der Waals surface area contributed by atoms with Crippen molar-refractivity contribution in [1.82, 2.24) is 0 Å². The van der Waals surface area contributed by atoms with Crippen LogP contribution in [0, 0.1) is 22.7 Å². The standard InChI is InChI=1S/C14H10N4O2S/c15-8-10-1-4-12(5-2-10)18-21(19,20)14-6-3-11(9-16)7-13(14)17/h1-7,18H,17H2. The van der Waals surface area contributed by atoms with Crippen LogP contribution in [0.2, 0.25) is 0 Å². The SMILES string of the molecule is N#Cc1ccc(NS(=O)(=O)c2ccc(C#N)cc2N)cc1. The van der Waals surface area contributed by atoms with Gasteiger partial charge in [-0.25, -0.2) is 8.42 Å². The van der Waals surface area contributed by atoms with Crippen LogP contribution in [0.1, 0.15) is 11.1 Å². The lowest BCUT2D eigenvalue weighted by Gasteiger charge is -2.10. The summed E-state index contributed by atoms with van der Waals surface area (Å²) in [4.78, 5) is -0.106. The second kappa shape index (κ2) is 5.53. The molecule has 7 heteroatoms. The Balaban J connectivity index is 2.34. The van der Waals surface area contributed by atoms with E-state index in [1.54, 1.807) is 0 Å². The van der Waals surface area contributed by atoms with Crippen LogP contribution in [0.5, 0.6) is 0 Å². The van der Waals surface area contributed by atoms with Crippen molar-refractivity contribution in [3.8, 4) is 12.1 Å². The smallest absolute Gasteiger partial charge is 0.263 e. The molecule has 0 heterocycles. The van der Waals surface area contributed by atoms with Crippen LogP contribution in [0.15, 0.2) is 47.4 Å². The van der Waals surface area contributed by atoms with Gasteiger partial charge in [0.15, 0.2) is 0 Å². The van der Waals surface area contributed by atoms with Crippen molar-refractivity contribution < 1.29 is 8.42 Å². The summed E-state index contributed by atoms with van der Waals surface area (Å²) < 4.78 is 26.8. The molecule has 0 saturated carbocycles. The van der Waals surface area contributed by atoms with Gasteiger partial charge in [-0.15, -0.1) is 0 Å². The third-order valence-corrected chi connectivity index (χ3v) is 4.15. The third-order valence-electron chi connectivity index (χ3n) is 2.69. The first-order chi connectivity index (χ1) is 9.96. The lowest BCUT2D eigenvalue weighted by Crippen LogP contribution is -2.14. The van der Waals surface area contributed by atoms with Gasteiger partial charge in [-0.3, -0.25) is 4.72 Å². The lowest BCUT2D eigenvalue weighted by atomic mass is 10.2. The molecule has 0 atom stereocenters. The van der Waals surface area contributed by atoms with Crippen molar-refractivity contribution in [2.24, 2.45) is 0 Å². The maximum atomic E-state index is 12.2. The topological polar surface area (TPSA) is 120 Å². The molecule has 0 aromatic heterocycles. The highest BCUT2D eigenvalue weighted by Gasteiger charge is 2.17. The van der Waals surface area contributed by atoms with E-state index in [0.717, 1.165) is 0 Å². The zero-order chi connectivity index (χ0) is 15.5. The quantitative estimate of drug-likeness (QED) is 0.837. The molecular formula is C14H10N4O2S. The second-order valence-electron chi connectivity index (χ2n) is 4.16. The average Bonchev–Trinajstić information content (AvgIpc) is 2.47. The fourth-order valence-electron chi connectivity index (χ4n) is 1.69. The fraction of sp³-hybridized carbons (Fsp3) is 0. The Bertz CT molecular complexity index is 859. The van der Waals surface area contributed by atoms with E-state index in [-0.39, 0.29) is 16.1 Å². The number of nitrogens with zero attached hydrogens (tertiary/aromatic N) is 2. The van der Waals surface area contributed by atoms with Gasteiger partial charge in [0.25, 0.3) is 10.0 Å². The Labute approximate surface area is 122 Å². The van der Waals surface area contributed by atoms with Crippen LogP contribution >= 0.6 is 0 Å². The van der Waals surface area contributed by atoms with Crippen LogP contribution in [-0.4, -0.2) is 8.42 Å². The normalized spacial score (nSPS) is 10.4. The van der Waals surface area contributed by atoms with E-state index < -0.39 is 10.0 Å². The van der Waals surface area contributed by atoms with Crippen molar-refractivity contribution in [3.63, 3.8) is 0 Å². The highest BCUT2D eigenvalue weighted by Crippen LogP contribution is 2.22. The van der Waals surface area contributed by atoms with Crippen LogP contribution in [0.3, 0.4) is 0 Å². The van der Waals surface area contributed by atoms with Gasteiger partial charge in [-0.05, 0) is 42.5 Å².